The summed E-state index contributed by atoms with van der Waals surface area (Å²) in [6.45, 7) is 8.55. The van der Waals surface area contributed by atoms with Crippen molar-refractivity contribution in [3.63, 3.8) is 0 Å². The van der Waals surface area contributed by atoms with Gasteiger partial charge in [-0.3, -0.25) is 9.59 Å². The third-order valence-corrected chi connectivity index (χ3v) is 4.61. The van der Waals surface area contributed by atoms with Crippen LogP contribution in [0.3, 0.4) is 0 Å². The molecule has 0 aliphatic carbocycles. The Morgan fingerprint density at radius 3 is 2.39 bits per heavy atom. The highest BCUT2D eigenvalue weighted by molar-refractivity contribution is 5.88. The van der Waals surface area contributed by atoms with Crippen molar-refractivity contribution in [2.45, 2.75) is 46.7 Å². The summed E-state index contributed by atoms with van der Waals surface area (Å²) < 4.78 is 5.78. The van der Waals surface area contributed by atoms with Crippen LogP contribution in [0.1, 0.15) is 37.0 Å². The minimum absolute atomic E-state index is 0.105. The number of nitrogens with one attached hydrogen (secondary N) is 1. The molecule has 0 aromatic heterocycles. The highest BCUT2D eigenvalue weighted by Crippen LogP contribution is 2.19. The summed E-state index contributed by atoms with van der Waals surface area (Å²) in [6.07, 6.45) is 0.536. The minimum Gasteiger partial charge on any atom is -0.483 e. The van der Waals surface area contributed by atoms with E-state index in [0.29, 0.717) is 25.3 Å². The lowest BCUT2D eigenvalue weighted by Crippen LogP contribution is -2.50. The predicted molar refractivity (Wildman–Crippen MR) is 111 cm³/mol. The molecule has 1 unspecified atom stereocenters. The van der Waals surface area contributed by atoms with Crippen molar-refractivity contribution in [1.29, 1.82) is 0 Å². The maximum atomic E-state index is 13.0. The van der Waals surface area contributed by atoms with E-state index in [4.69, 9.17) is 4.74 Å². The lowest BCUT2D eigenvalue weighted by Gasteiger charge is -2.30. The maximum absolute atomic E-state index is 13.0. The highest BCUT2D eigenvalue weighted by Gasteiger charge is 2.28. The largest absolute Gasteiger partial charge is 0.483 e. The zero-order chi connectivity index (χ0) is 20.5. The molecule has 0 saturated heterocycles. The first-order chi connectivity index (χ1) is 13.5. The molecule has 0 fully saturated rings. The molecular formula is C23H30N2O3. The molecule has 5 nitrogen and oxygen atoms in total. The van der Waals surface area contributed by atoms with Gasteiger partial charge in [0.05, 0.1) is 0 Å². The van der Waals surface area contributed by atoms with E-state index in [2.05, 4.69) is 5.32 Å². The van der Waals surface area contributed by atoms with Gasteiger partial charge in [-0.25, -0.2) is 0 Å². The summed E-state index contributed by atoms with van der Waals surface area (Å²) in [5, 5.41) is 2.83. The molecule has 0 heterocycles. The number of amides is 2. The van der Waals surface area contributed by atoms with Crippen LogP contribution in [-0.4, -0.2) is 35.9 Å². The molecule has 0 aliphatic rings. The number of carbonyl (C=O) groups excluding carboxylic acids is 2. The molecule has 1 atom stereocenters. The van der Waals surface area contributed by atoms with Gasteiger partial charge in [0.15, 0.2) is 6.61 Å². The van der Waals surface area contributed by atoms with Crippen LogP contribution in [0, 0.1) is 13.8 Å². The average molecular weight is 383 g/mol. The van der Waals surface area contributed by atoms with Crippen LogP contribution in [0.15, 0.2) is 48.5 Å². The Balaban J connectivity index is 2.18. The number of carbonyl (C=O) groups is 2. The second-order valence-corrected chi connectivity index (χ2v) is 6.88. The van der Waals surface area contributed by atoms with Gasteiger partial charge in [0.25, 0.3) is 5.91 Å². The molecule has 28 heavy (non-hydrogen) atoms. The van der Waals surface area contributed by atoms with E-state index in [9.17, 15) is 9.59 Å². The Kier molecular flexibility index (Phi) is 8.05. The van der Waals surface area contributed by atoms with E-state index < -0.39 is 6.04 Å². The van der Waals surface area contributed by atoms with Crippen LogP contribution in [-0.2, 0) is 16.1 Å². The summed E-state index contributed by atoms with van der Waals surface area (Å²) in [4.78, 5) is 27.2. The van der Waals surface area contributed by atoms with Crippen LogP contribution in [0.2, 0.25) is 0 Å². The second-order valence-electron chi connectivity index (χ2n) is 6.88. The van der Waals surface area contributed by atoms with Crippen LogP contribution in [0.5, 0.6) is 5.75 Å². The van der Waals surface area contributed by atoms with Gasteiger partial charge in [-0.1, -0.05) is 55.0 Å². The van der Waals surface area contributed by atoms with Crippen molar-refractivity contribution in [1.82, 2.24) is 10.2 Å². The number of ether oxygens (including phenoxy) is 1. The second kappa shape index (κ2) is 10.5. The maximum Gasteiger partial charge on any atom is 0.261 e. The average Bonchev–Trinajstić information content (AvgIpc) is 2.68. The van der Waals surface area contributed by atoms with E-state index >= 15 is 0 Å². The monoisotopic (exact) mass is 382 g/mol. The van der Waals surface area contributed by atoms with Crippen molar-refractivity contribution in [3.05, 3.63) is 65.2 Å². The van der Waals surface area contributed by atoms with E-state index in [-0.39, 0.29) is 18.4 Å². The fourth-order valence-corrected chi connectivity index (χ4v) is 3.18. The topological polar surface area (TPSA) is 58.6 Å². The number of hydrogen-bond acceptors (Lipinski definition) is 3. The predicted octanol–water partition coefficient (Wildman–Crippen LogP) is 3.63. The fraction of sp³-hybridized carbons (Fsp3) is 0.391. The van der Waals surface area contributed by atoms with E-state index in [1.54, 1.807) is 4.90 Å². The highest BCUT2D eigenvalue weighted by atomic mass is 16.5. The van der Waals surface area contributed by atoms with Gasteiger partial charge in [0.1, 0.15) is 11.8 Å². The normalized spacial score (nSPS) is 11.6. The van der Waals surface area contributed by atoms with Crippen LogP contribution in [0.25, 0.3) is 0 Å². The summed E-state index contributed by atoms with van der Waals surface area (Å²) in [5.41, 5.74) is 3.10. The first-order valence-corrected chi connectivity index (χ1v) is 9.77. The van der Waals surface area contributed by atoms with Gasteiger partial charge in [0, 0.05) is 13.1 Å². The van der Waals surface area contributed by atoms with Gasteiger partial charge in [0.2, 0.25) is 5.91 Å². The minimum atomic E-state index is -0.532. The molecule has 2 rings (SSSR count). The number of hydrogen-bond donors (Lipinski definition) is 1. The Morgan fingerprint density at radius 1 is 1.07 bits per heavy atom. The standard InChI is InChI=1S/C23H30N2O3/c1-5-20(23(27)24-6-2)25(15-19-10-8-7-9-11-19)22(26)16-28-21-13-12-17(3)14-18(21)4/h7-14,20H,5-6,15-16H2,1-4H3,(H,24,27). The Morgan fingerprint density at radius 2 is 1.79 bits per heavy atom. The number of nitrogens with zero attached hydrogens (tertiary/aromatic N) is 1. The molecule has 1 N–H and O–H groups in total. The Bertz CT molecular complexity index is 790. The molecule has 0 aliphatic heterocycles. The first-order valence-electron chi connectivity index (χ1n) is 9.77. The molecule has 2 aromatic carbocycles. The van der Waals surface area contributed by atoms with Crippen LogP contribution >= 0.6 is 0 Å². The van der Waals surface area contributed by atoms with Gasteiger partial charge >= 0.3 is 0 Å². The Hall–Kier alpha value is -2.82. The third kappa shape index (κ3) is 5.84. The number of rotatable bonds is 9. The smallest absolute Gasteiger partial charge is 0.261 e. The lowest BCUT2D eigenvalue weighted by atomic mass is 10.1. The van der Waals surface area contributed by atoms with Crippen molar-refractivity contribution in [2.75, 3.05) is 13.2 Å². The lowest BCUT2D eigenvalue weighted by molar-refractivity contribution is -0.142. The third-order valence-electron chi connectivity index (χ3n) is 4.61. The quantitative estimate of drug-likeness (QED) is 0.721. The molecule has 2 aromatic rings. The van der Waals surface area contributed by atoms with Crippen molar-refractivity contribution in [2.24, 2.45) is 0 Å². The van der Waals surface area contributed by atoms with Crippen molar-refractivity contribution >= 4 is 11.8 Å². The summed E-state index contributed by atoms with van der Waals surface area (Å²) in [7, 11) is 0. The van der Waals surface area contributed by atoms with Gasteiger partial charge < -0.3 is 15.0 Å². The molecule has 0 radical (unpaired) electrons. The Labute approximate surface area is 167 Å². The number of likely N-dealkylation sites (N-methyl/N-ethyl adjacent to an activating group) is 1. The molecular weight excluding hydrogens is 352 g/mol. The van der Waals surface area contributed by atoms with Crippen molar-refractivity contribution in [3.8, 4) is 5.75 Å². The molecule has 2 amide bonds. The number of aryl methyl sites for hydroxylation is 2. The SMILES string of the molecule is CCNC(=O)C(CC)N(Cc1ccccc1)C(=O)COc1ccc(C)cc1C. The molecule has 5 heteroatoms. The first kappa shape index (κ1) is 21.5. The zero-order valence-electron chi connectivity index (χ0n) is 17.2. The van der Waals surface area contributed by atoms with Crippen LogP contribution in [0.4, 0.5) is 0 Å². The molecule has 150 valence electrons. The van der Waals surface area contributed by atoms with Gasteiger partial charge in [-0.15, -0.1) is 0 Å². The zero-order valence-corrected chi connectivity index (χ0v) is 17.2. The molecule has 0 spiro atoms. The van der Waals surface area contributed by atoms with E-state index in [1.165, 1.54) is 0 Å². The van der Waals surface area contributed by atoms with Gasteiger partial charge in [-0.05, 0) is 44.4 Å². The molecule has 0 bridgehead atoms. The summed E-state index contributed by atoms with van der Waals surface area (Å²) in [5.74, 6) is 0.340. The van der Waals surface area contributed by atoms with Gasteiger partial charge in [-0.2, -0.15) is 0 Å². The fourth-order valence-electron chi connectivity index (χ4n) is 3.18. The molecule has 0 saturated carbocycles. The van der Waals surface area contributed by atoms with Crippen molar-refractivity contribution < 1.29 is 14.3 Å². The van der Waals surface area contributed by atoms with Crippen LogP contribution < -0.4 is 10.1 Å². The summed E-state index contributed by atoms with van der Waals surface area (Å²) in [6, 6.07) is 15.0. The summed E-state index contributed by atoms with van der Waals surface area (Å²) >= 11 is 0. The van der Waals surface area contributed by atoms with E-state index in [1.807, 2.05) is 76.2 Å². The number of benzene rings is 2. The van der Waals surface area contributed by atoms with E-state index in [0.717, 1.165) is 16.7 Å².